The number of carboxylic acids is 1. The van der Waals surface area contributed by atoms with Crippen LogP contribution in [-0.2, 0) is 31.0 Å². The minimum Gasteiger partial charge on any atom is -1.00 e. The third-order valence-corrected chi connectivity index (χ3v) is 8.16. The predicted molar refractivity (Wildman–Crippen MR) is 127 cm³/mol. The number of thioether (sulfide) groups is 1. The molecule has 4 rings (SSSR count). The van der Waals surface area contributed by atoms with Crippen molar-refractivity contribution < 1.29 is 72.8 Å². The van der Waals surface area contributed by atoms with Crippen molar-refractivity contribution >= 4 is 45.6 Å². The summed E-state index contributed by atoms with van der Waals surface area (Å²) in [4.78, 5) is 50.1. The van der Waals surface area contributed by atoms with Gasteiger partial charge in [-0.1, -0.05) is 30.3 Å². The Hall–Kier alpha value is -2.75. The third-order valence-electron chi connectivity index (χ3n) is 5.73. The average molecular weight is 558 g/mol. The molecule has 0 aliphatic carbocycles. The number of primary amides is 1. The zero-order valence-corrected chi connectivity index (χ0v) is 23.1. The molecule has 1 aromatic carbocycles. The maximum atomic E-state index is 12.9. The summed E-state index contributed by atoms with van der Waals surface area (Å²) in [5.74, 6) is -3.53. The number of nitrogens with two attached hydrogens (primary N) is 1. The quantitative estimate of drug-likeness (QED) is 0.111. The fourth-order valence-corrected chi connectivity index (χ4v) is 6.24. The van der Waals surface area contributed by atoms with E-state index in [2.05, 4.69) is 5.32 Å². The van der Waals surface area contributed by atoms with Gasteiger partial charge in [0.15, 0.2) is 24.2 Å². The number of hydrogen-bond donors (Lipinski definition) is 4. The van der Waals surface area contributed by atoms with Crippen molar-refractivity contribution in [3.8, 4) is 0 Å². The van der Waals surface area contributed by atoms with Crippen molar-refractivity contribution in [3.05, 3.63) is 77.3 Å². The Morgan fingerprint density at radius 2 is 1.81 bits per heavy atom. The molecule has 15 heteroatoms. The number of hydrogen-bond acceptors (Lipinski definition) is 7. The van der Waals surface area contributed by atoms with Crippen LogP contribution in [0.15, 0.2) is 66.1 Å². The van der Waals surface area contributed by atoms with Gasteiger partial charge in [0, 0.05) is 23.5 Å². The molecule has 3 heterocycles. The molecule has 190 valence electrons. The molecule has 12 nitrogen and oxygen atoms in total. The zero-order valence-electron chi connectivity index (χ0n) is 20.5. The molecule has 0 spiro atoms. The monoisotopic (exact) mass is 557 g/mol. The van der Waals surface area contributed by atoms with Gasteiger partial charge in [0.05, 0.1) is 5.56 Å². The molecular weight excluding hydrogens is 535 g/mol. The Morgan fingerprint density at radius 1 is 1.19 bits per heavy atom. The van der Waals surface area contributed by atoms with E-state index in [0.717, 1.165) is 4.90 Å². The zero-order chi connectivity index (χ0) is 26.2. The van der Waals surface area contributed by atoms with Gasteiger partial charge in [-0.05, 0) is 5.56 Å². The van der Waals surface area contributed by atoms with Crippen molar-refractivity contribution in [1.82, 2.24) is 10.2 Å². The van der Waals surface area contributed by atoms with E-state index in [1.165, 1.54) is 48.2 Å². The van der Waals surface area contributed by atoms with Crippen LogP contribution in [0.1, 0.15) is 22.6 Å². The van der Waals surface area contributed by atoms with E-state index in [-0.39, 0.29) is 60.1 Å². The van der Waals surface area contributed by atoms with E-state index in [9.17, 15) is 37.3 Å². The summed E-state index contributed by atoms with van der Waals surface area (Å²) in [5, 5.41) is 9.47. The minimum atomic E-state index is -4.85. The fourth-order valence-electron chi connectivity index (χ4n) is 4.07. The van der Waals surface area contributed by atoms with Crippen molar-refractivity contribution in [3.63, 3.8) is 0 Å². The molecule has 0 bridgehead atoms. The van der Waals surface area contributed by atoms with Gasteiger partial charge in [0.25, 0.3) is 16.0 Å². The van der Waals surface area contributed by atoms with Crippen LogP contribution in [0, 0.1) is 0 Å². The second kappa shape index (κ2) is 11.3. The van der Waals surface area contributed by atoms with Gasteiger partial charge in [-0.3, -0.25) is 23.8 Å². The molecule has 2 aromatic rings. The molecule has 3 atom stereocenters. The summed E-state index contributed by atoms with van der Waals surface area (Å²) < 4.78 is 35.1. The average Bonchev–Trinajstić information content (AvgIpc) is 2.82. The topological polar surface area (TPSA) is 188 Å². The number of carbonyl (C=O) groups is 4. The maximum absolute atomic E-state index is 12.9. The molecule has 0 saturated carbocycles. The molecule has 2 aliphatic heterocycles. The molecule has 2 aliphatic rings. The first-order valence-electron chi connectivity index (χ1n) is 10.5. The number of carbonyl (C=O) groups excluding carboxylic acids is 3. The number of benzene rings is 1. The Morgan fingerprint density at radius 3 is 2.35 bits per heavy atom. The van der Waals surface area contributed by atoms with E-state index in [1.54, 1.807) is 23.0 Å². The van der Waals surface area contributed by atoms with Crippen LogP contribution >= 0.6 is 11.8 Å². The number of β-lactam (4-membered cyclic amide) rings is 1. The van der Waals surface area contributed by atoms with Crippen molar-refractivity contribution in [1.29, 1.82) is 0 Å². The summed E-state index contributed by atoms with van der Waals surface area (Å²) in [5.41, 5.74) is 5.73. The maximum Gasteiger partial charge on any atom is 1.00 e. The summed E-state index contributed by atoms with van der Waals surface area (Å²) in [7, 11) is -4.85. The summed E-state index contributed by atoms with van der Waals surface area (Å²) >= 11 is 1.21. The van der Waals surface area contributed by atoms with Crippen LogP contribution in [0.3, 0.4) is 0 Å². The van der Waals surface area contributed by atoms with Crippen molar-refractivity contribution in [2.75, 3.05) is 5.75 Å². The number of aliphatic carboxylic acids is 1. The second-order valence-electron chi connectivity index (χ2n) is 8.08. The number of rotatable bonds is 8. The standard InChI is InChI=1S/C22H20N4O8S2.Na.H/c23-18(27)13-6-8-25(9-7-13)10-14-11-35-21-15(20(29)26(21)16(14)22(30)31)24-19(28)17(36(32,33)34)12-4-2-1-3-5-12;;/h1-9,15,17,21H,10-11H2,(H4-,23,24,27,28,30,31,32,33,34);;/q;+1;-1/p+1/t15-,17?,21-;;/m1../s1. The SMILES string of the molecule is NC(=O)c1cc[n+](CC2=C(C(=O)O)N3C(=O)[C@@H](NC(=O)C(c4ccccc4)S(=O)(=O)O)[C@H]3SC2)cc1.[H-].[Na+]. The summed E-state index contributed by atoms with van der Waals surface area (Å²) in [6, 6.07) is 9.12. The van der Waals surface area contributed by atoms with E-state index in [1.807, 2.05) is 0 Å². The number of carboxylic acid groups (broad SMARTS) is 1. The minimum absolute atomic E-state index is 0. The number of pyridine rings is 1. The van der Waals surface area contributed by atoms with Gasteiger partial charge in [0.1, 0.15) is 17.1 Å². The second-order valence-corrected chi connectivity index (χ2v) is 10.7. The molecule has 5 N–H and O–H groups in total. The number of fused-ring (bicyclic) bond motifs is 1. The summed E-state index contributed by atoms with van der Waals surface area (Å²) in [6.07, 6.45) is 3.12. The van der Waals surface area contributed by atoms with Crippen LogP contribution in [0.5, 0.6) is 0 Å². The van der Waals surface area contributed by atoms with Crippen LogP contribution in [0.2, 0.25) is 0 Å². The van der Waals surface area contributed by atoms with Gasteiger partial charge in [0.2, 0.25) is 11.8 Å². The molecule has 1 fully saturated rings. The van der Waals surface area contributed by atoms with Crippen LogP contribution in [-0.4, -0.2) is 63.8 Å². The molecule has 37 heavy (non-hydrogen) atoms. The van der Waals surface area contributed by atoms with Crippen LogP contribution in [0.25, 0.3) is 0 Å². The van der Waals surface area contributed by atoms with Gasteiger partial charge in [-0.25, -0.2) is 9.36 Å². The van der Waals surface area contributed by atoms with Gasteiger partial charge in [-0.2, -0.15) is 8.42 Å². The van der Waals surface area contributed by atoms with E-state index < -0.39 is 50.5 Å². The third kappa shape index (κ3) is 5.89. The molecule has 3 amide bonds. The van der Waals surface area contributed by atoms with Crippen molar-refractivity contribution in [2.45, 2.75) is 23.2 Å². The molecule has 1 unspecified atom stereocenters. The molecule has 1 saturated heterocycles. The van der Waals surface area contributed by atoms with E-state index in [0.29, 0.717) is 5.57 Å². The van der Waals surface area contributed by atoms with Crippen LogP contribution in [0.4, 0.5) is 0 Å². The number of amides is 3. The van der Waals surface area contributed by atoms with E-state index in [4.69, 9.17) is 5.73 Å². The Balaban J connectivity index is 0.00000253. The first-order chi connectivity index (χ1) is 17.0. The van der Waals surface area contributed by atoms with Crippen LogP contribution < -0.4 is 45.2 Å². The normalized spacial score (nSPS) is 19.7. The molecule has 0 radical (unpaired) electrons. The number of nitrogens with one attached hydrogen (secondary N) is 1. The summed E-state index contributed by atoms with van der Waals surface area (Å²) in [6.45, 7) is 0.125. The number of nitrogens with zero attached hydrogens (tertiary/aromatic N) is 2. The Labute approximate surface area is 239 Å². The first kappa shape index (κ1) is 28.8. The van der Waals surface area contributed by atoms with E-state index >= 15 is 0 Å². The number of aromatic nitrogens is 1. The Bertz CT molecular complexity index is 1390. The van der Waals surface area contributed by atoms with Gasteiger partial charge < -0.3 is 17.6 Å². The first-order valence-corrected chi connectivity index (χ1v) is 13.0. The fraction of sp³-hybridized carbons (Fsp3) is 0.227. The molecule has 1 aromatic heterocycles. The van der Waals surface area contributed by atoms with Gasteiger partial charge >= 0.3 is 35.5 Å². The Kier molecular flexibility index (Phi) is 8.82. The van der Waals surface area contributed by atoms with Gasteiger partial charge in [-0.15, -0.1) is 11.8 Å². The van der Waals surface area contributed by atoms with Crippen molar-refractivity contribution in [2.24, 2.45) is 5.73 Å². The largest absolute Gasteiger partial charge is 1.00 e. The predicted octanol–water partition coefficient (Wildman–Crippen LogP) is -3.44. The molecular formula is C22H22N4NaO8S2+. The smallest absolute Gasteiger partial charge is 1.00 e.